The van der Waals surface area contributed by atoms with Crippen molar-refractivity contribution in [1.29, 1.82) is 0 Å². The topological polar surface area (TPSA) is 54.4 Å². The van der Waals surface area contributed by atoms with Crippen molar-refractivity contribution in [3.8, 4) is 5.75 Å². The van der Waals surface area contributed by atoms with Gasteiger partial charge in [0.05, 0.1) is 10.6 Å². The summed E-state index contributed by atoms with van der Waals surface area (Å²) in [5, 5.41) is 9.53. The minimum absolute atomic E-state index is 0.0790. The molecule has 2 aromatic rings. The second-order valence-corrected chi connectivity index (χ2v) is 5.85. The Balaban J connectivity index is 2.30. The third-order valence-electron chi connectivity index (χ3n) is 3.92. The average Bonchev–Trinajstić information content (AvgIpc) is 2.68. The summed E-state index contributed by atoms with van der Waals surface area (Å²) < 4.78 is 0. The maximum Gasteiger partial charge on any atom is 0.183 e. The van der Waals surface area contributed by atoms with Gasteiger partial charge >= 0.3 is 0 Å². The van der Waals surface area contributed by atoms with E-state index in [2.05, 4.69) is 0 Å². The summed E-state index contributed by atoms with van der Waals surface area (Å²) in [6.45, 7) is 1.56. The van der Waals surface area contributed by atoms with E-state index in [1.807, 2.05) is 0 Å². The quantitative estimate of drug-likeness (QED) is 0.807. The molecule has 21 heavy (non-hydrogen) atoms. The number of benzene rings is 2. The van der Waals surface area contributed by atoms with Gasteiger partial charge in [0.25, 0.3) is 0 Å². The van der Waals surface area contributed by atoms with Gasteiger partial charge in [-0.05, 0) is 18.6 Å². The molecule has 0 spiro atoms. The standard InChI is InChI=1S/C16H10Cl2O3/c1-16(8-5-3-2-4-6-8)14(20)9-7-10(19)12(17)13(18)11(9)15(16)21/h2-7,19H,1H3. The number of phenols is 1. The van der Waals surface area contributed by atoms with Gasteiger partial charge in [-0.15, -0.1) is 0 Å². The highest BCUT2D eigenvalue weighted by atomic mass is 35.5. The Bertz CT molecular complexity index is 784. The lowest BCUT2D eigenvalue weighted by atomic mass is 9.78. The van der Waals surface area contributed by atoms with Crippen LogP contribution < -0.4 is 0 Å². The zero-order valence-corrected chi connectivity index (χ0v) is 12.5. The molecule has 3 rings (SSSR count). The van der Waals surface area contributed by atoms with Gasteiger partial charge < -0.3 is 5.11 Å². The third kappa shape index (κ3) is 1.74. The molecule has 1 aliphatic carbocycles. The first-order chi connectivity index (χ1) is 9.89. The van der Waals surface area contributed by atoms with Crippen molar-refractivity contribution in [2.45, 2.75) is 12.3 Å². The molecule has 1 atom stereocenters. The summed E-state index contributed by atoms with van der Waals surface area (Å²) in [7, 11) is 0. The summed E-state index contributed by atoms with van der Waals surface area (Å²) in [6, 6.07) is 9.97. The van der Waals surface area contributed by atoms with Crippen LogP contribution in [0.4, 0.5) is 0 Å². The zero-order chi connectivity index (χ0) is 15.4. The number of Topliss-reactive ketones (excluding diaryl/α,β-unsaturated/α-hetero) is 2. The molecule has 1 N–H and O–H groups in total. The van der Waals surface area contributed by atoms with Crippen LogP contribution in [0.5, 0.6) is 5.75 Å². The van der Waals surface area contributed by atoms with Crippen LogP contribution in [0.15, 0.2) is 36.4 Å². The molecule has 0 fully saturated rings. The molecular formula is C16H10Cl2O3. The van der Waals surface area contributed by atoms with Crippen molar-refractivity contribution in [3.63, 3.8) is 0 Å². The van der Waals surface area contributed by atoms with Crippen molar-refractivity contribution in [2.75, 3.05) is 0 Å². The van der Waals surface area contributed by atoms with Crippen molar-refractivity contribution in [1.82, 2.24) is 0 Å². The van der Waals surface area contributed by atoms with Crippen molar-refractivity contribution >= 4 is 34.8 Å². The number of ketones is 2. The normalized spacial score (nSPS) is 20.7. The maximum atomic E-state index is 12.8. The predicted molar refractivity (Wildman–Crippen MR) is 80.6 cm³/mol. The molecule has 0 saturated heterocycles. The van der Waals surface area contributed by atoms with Crippen LogP contribution in [0, 0.1) is 0 Å². The molecule has 0 saturated carbocycles. The second-order valence-electron chi connectivity index (χ2n) is 5.10. The molecule has 0 radical (unpaired) electrons. The number of aromatic hydroxyl groups is 1. The van der Waals surface area contributed by atoms with E-state index < -0.39 is 11.2 Å². The summed E-state index contributed by atoms with van der Waals surface area (Å²) in [5.74, 6) is -1.10. The molecule has 0 bridgehead atoms. The van der Waals surface area contributed by atoms with Crippen LogP contribution >= 0.6 is 23.2 Å². The highest BCUT2D eigenvalue weighted by molar-refractivity contribution is 6.48. The summed E-state index contributed by atoms with van der Waals surface area (Å²) in [6.07, 6.45) is 0. The maximum absolute atomic E-state index is 12.8. The number of carbonyl (C=O) groups excluding carboxylic acids is 2. The molecule has 1 aliphatic rings. The smallest absolute Gasteiger partial charge is 0.183 e. The number of hydrogen-bond acceptors (Lipinski definition) is 3. The fraction of sp³-hybridized carbons (Fsp3) is 0.125. The number of hydrogen-bond donors (Lipinski definition) is 1. The first-order valence-corrected chi connectivity index (χ1v) is 7.00. The van der Waals surface area contributed by atoms with Gasteiger partial charge in [0, 0.05) is 5.56 Å². The van der Waals surface area contributed by atoms with E-state index in [-0.39, 0.29) is 32.7 Å². The van der Waals surface area contributed by atoms with Gasteiger partial charge in [-0.1, -0.05) is 53.5 Å². The van der Waals surface area contributed by atoms with Gasteiger partial charge in [0.15, 0.2) is 11.6 Å². The Morgan fingerprint density at radius 3 is 2.24 bits per heavy atom. The molecule has 0 heterocycles. The van der Waals surface area contributed by atoms with E-state index in [0.29, 0.717) is 5.56 Å². The van der Waals surface area contributed by atoms with E-state index in [9.17, 15) is 14.7 Å². The van der Waals surface area contributed by atoms with Crippen LogP contribution in [-0.4, -0.2) is 16.7 Å². The first kappa shape index (κ1) is 14.1. The number of carbonyl (C=O) groups is 2. The molecule has 1 unspecified atom stereocenters. The Labute approximate surface area is 131 Å². The van der Waals surface area contributed by atoms with Gasteiger partial charge in [0.1, 0.15) is 16.2 Å². The second kappa shape index (κ2) is 4.58. The van der Waals surface area contributed by atoms with E-state index in [0.717, 1.165) is 0 Å². The highest BCUT2D eigenvalue weighted by Crippen LogP contribution is 2.46. The average molecular weight is 321 g/mol. The molecule has 3 nitrogen and oxygen atoms in total. The Morgan fingerprint density at radius 1 is 1.00 bits per heavy atom. The van der Waals surface area contributed by atoms with Gasteiger partial charge in [-0.3, -0.25) is 9.59 Å². The van der Waals surface area contributed by atoms with Crippen LogP contribution in [0.3, 0.4) is 0 Å². The van der Waals surface area contributed by atoms with Gasteiger partial charge in [-0.2, -0.15) is 0 Å². The van der Waals surface area contributed by atoms with E-state index in [1.54, 1.807) is 37.3 Å². The van der Waals surface area contributed by atoms with Crippen molar-refractivity contribution in [2.24, 2.45) is 0 Å². The largest absolute Gasteiger partial charge is 0.506 e. The molecular weight excluding hydrogens is 311 g/mol. The van der Waals surface area contributed by atoms with Crippen LogP contribution in [0.25, 0.3) is 0 Å². The Kier molecular flexibility index (Phi) is 3.08. The molecule has 0 amide bonds. The van der Waals surface area contributed by atoms with Crippen molar-refractivity contribution in [3.05, 3.63) is 63.1 Å². The van der Waals surface area contributed by atoms with Gasteiger partial charge in [-0.25, -0.2) is 0 Å². The molecule has 0 aromatic heterocycles. The molecule has 5 heteroatoms. The summed E-state index contributed by atoms with van der Waals surface area (Å²) in [5.41, 5.74) is -0.568. The first-order valence-electron chi connectivity index (χ1n) is 6.25. The van der Waals surface area contributed by atoms with Gasteiger partial charge in [0.2, 0.25) is 0 Å². The Morgan fingerprint density at radius 2 is 1.62 bits per heavy atom. The zero-order valence-electron chi connectivity index (χ0n) is 11.0. The van der Waals surface area contributed by atoms with Crippen LogP contribution in [0.1, 0.15) is 33.2 Å². The fourth-order valence-electron chi connectivity index (χ4n) is 2.67. The predicted octanol–water partition coefficient (Wildman–Crippen LogP) is 4.04. The fourth-order valence-corrected chi connectivity index (χ4v) is 3.10. The van der Waals surface area contributed by atoms with Crippen LogP contribution in [0.2, 0.25) is 10.0 Å². The SMILES string of the molecule is CC1(c2ccccc2)C(=O)c2cc(O)c(Cl)c(Cl)c2C1=O. The minimum atomic E-state index is -1.34. The molecule has 2 aromatic carbocycles. The lowest BCUT2D eigenvalue weighted by Crippen LogP contribution is -2.34. The van der Waals surface area contributed by atoms with E-state index >= 15 is 0 Å². The number of halogens is 2. The summed E-state index contributed by atoms with van der Waals surface area (Å²) in [4.78, 5) is 25.5. The highest BCUT2D eigenvalue weighted by Gasteiger charge is 2.52. The third-order valence-corrected chi connectivity index (χ3v) is 4.78. The monoisotopic (exact) mass is 320 g/mol. The lowest BCUT2D eigenvalue weighted by Gasteiger charge is -2.20. The van der Waals surface area contributed by atoms with Crippen molar-refractivity contribution < 1.29 is 14.7 Å². The lowest BCUT2D eigenvalue weighted by molar-refractivity contribution is 0.0810. The Hall–Kier alpha value is -1.84. The van der Waals surface area contributed by atoms with E-state index in [4.69, 9.17) is 23.2 Å². The van der Waals surface area contributed by atoms with E-state index in [1.165, 1.54) is 6.07 Å². The minimum Gasteiger partial charge on any atom is -0.506 e. The number of fused-ring (bicyclic) bond motifs is 1. The molecule has 0 aliphatic heterocycles. The summed E-state index contributed by atoms with van der Waals surface area (Å²) >= 11 is 11.9. The van der Waals surface area contributed by atoms with Crippen LogP contribution in [-0.2, 0) is 5.41 Å². The molecule has 106 valence electrons. The number of rotatable bonds is 1. The number of phenolic OH excluding ortho intramolecular Hbond substituents is 1.